The molecule has 0 saturated carbocycles. The largest absolute Gasteiger partial charge is 0.478 e. The van der Waals surface area contributed by atoms with E-state index in [-0.39, 0.29) is 5.56 Å². The highest BCUT2D eigenvalue weighted by Gasteiger charge is 2.10. The van der Waals surface area contributed by atoms with Gasteiger partial charge in [-0.15, -0.1) is 5.10 Å². The predicted octanol–water partition coefficient (Wildman–Crippen LogP) is 2.94. The van der Waals surface area contributed by atoms with Crippen LogP contribution in [0.1, 0.15) is 15.9 Å². The van der Waals surface area contributed by atoms with E-state index in [0.717, 1.165) is 16.8 Å². The summed E-state index contributed by atoms with van der Waals surface area (Å²) in [5, 5.41) is 17.3. The molecule has 0 atom stereocenters. The van der Waals surface area contributed by atoms with Gasteiger partial charge in [-0.05, 0) is 24.6 Å². The van der Waals surface area contributed by atoms with Crippen molar-refractivity contribution in [3.05, 3.63) is 65.9 Å². The summed E-state index contributed by atoms with van der Waals surface area (Å²) in [6, 6.07) is 14.7. The van der Waals surface area contributed by atoms with Crippen molar-refractivity contribution in [1.29, 1.82) is 0 Å². The third-order valence-corrected chi connectivity index (χ3v) is 3.27. The van der Waals surface area contributed by atoms with Crippen LogP contribution in [0.15, 0.2) is 54.7 Å². The van der Waals surface area contributed by atoms with E-state index < -0.39 is 5.97 Å². The van der Waals surface area contributed by atoms with Crippen molar-refractivity contribution >= 4 is 5.97 Å². The van der Waals surface area contributed by atoms with Crippen LogP contribution in [0.4, 0.5) is 0 Å². The molecule has 0 aliphatic rings. The molecule has 0 unspecified atom stereocenters. The second-order valence-corrected chi connectivity index (χ2v) is 4.72. The maximum atomic E-state index is 11.1. The molecule has 104 valence electrons. The topological polar surface area (TPSA) is 68.0 Å². The maximum Gasteiger partial charge on any atom is 0.335 e. The van der Waals surface area contributed by atoms with Crippen LogP contribution >= 0.6 is 0 Å². The number of hydrogen-bond acceptors (Lipinski definition) is 3. The van der Waals surface area contributed by atoms with Gasteiger partial charge in [0.05, 0.1) is 17.4 Å². The summed E-state index contributed by atoms with van der Waals surface area (Å²) in [6.45, 7) is 1.91. The van der Waals surface area contributed by atoms with Crippen molar-refractivity contribution in [3.8, 4) is 16.9 Å². The molecular formula is C16H13N3O2. The molecular weight excluding hydrogens is 266 g/mol. The van der Waals surface area contributed by atoms with Crippen molar-refractivity contribution in [3.63, 3.8) is 0 Å². The summed E-state index contributed by atoms with van der Waals surface area (Å²) >= 11 is 0. The summed E-state index contributed by atoms with van der Waals surface area (Å²) in [5.41, 5.74) is 3.59. The fourth-order valence-electron chi connectivity index (χ4n) is 2.11. The average Bonchev–Trinajstić information content (AvgIpc) is 2.98. The average molecular weight is 279 g/mol. The molecule has 1 heterocycles. The highest BCUT2D eigenvalue weighted by Crippen LogP contribution is 2.20. The Morgan fingerprint density at radius 3 is 2.62 bits per heavy atom. The van der Waals surface area contributed by atoms with Crippen LogP contribution in [0.5, 0.6) is 0 Å². The first-order valence-corrected chi connectivity index (χ1v) is 6.47. The third kappa shape index (κ3) is 2.53. The number of carboxylic acids is 1. The zero-order valence-corrected chi connectivity index (χ0v) is 11.4. The van der Waals surface area contributed by atoms with Crippen LogP contribution in [0, 0.1) is 6.92 Å². The van der Waals surface area contributed by atoms with E-state index in [4.69, 9.17) is 5.11 Å². The minimum atomic E-state index is -0.959. The summed E-state index contributed by atoms with van der Waals surface area (Å²) in [5.74, 6) is -0.959. The second kappa shape index (κ2) is 5.20. The zero-order valence-electron chi connectivity index (χ0n) is 11.4. The highest BCUT2D eigenvalue weighted by atomic mass is 16.4. The number of carbonyl (C=O) groups is 1. The zero-order chi connectivity index (χ0) is 14.8. The number of carboxylic acid groups (broad SMARTS) is 1. The van der Waals surface area contributed by atoms with Crippen molar-refractivity contribution in [2.45, 2.75) is 6.92 Å². The first-order chi connectivity index (χ1) is 10.1. The molecule has 0 saturated heterocycles. The van der Waals surface area contributed by atoms with Gasteiger partial charge >= 0.3 is 5.97 Å². The monoisotopic (exact) mass is 279 g/mol. The van der Waals surface area contributed by atoms with Gasteiger partial charge in [0, 0.05) is 5.56 Å². The lowest BCUT2D eigenvalue weighted by Crippen LogP contribution is -2.02. The van der Waals surface area contributed by atoms with Gasteiger partial charge in [0.25, 0.3) is 0 Å². The highest BCUT2D eigenvalue weighted by molar-refractivity contribution is 5.88. The number of aromatic nitrogens is 3. The Morgan fingerprint density at radius 2 is 1.90 bits per heavy atom. The van der Waals surface area contributed by atoms with Gasteiger partial charge in [-0.3, -0.25) is 0 Å². The molecule has 0 bridgehead atoms. The smallest absolute Gasteiger partial charge is 0.335 e. The van der Waals surface area contributed by atoms with E-state index in [1.807, 2.05) is 37.3 Å². The molecule has 0 aliphatic heterocycles. The molecule has 21 heavy (non-hydrogen) atoms. The van der Waals surface area contributed by atoms with E-state index in [9.17, 15) is 4.79 Å². The van der Waals surface area contributed by atoms with Crippen LogP contribution in [0.25, 0.3) is 16.9 Å². The predicted molar refractivity (Wildman–Crippen MR) is 78.5 cm³/mol. The number of hydrogen-bond donors (Lipinski definition) is 1. The fraction of sp³-hybridized carbons (Fsp3) is 0.0625. The van der Waals surface area contributed by atoms with Crippen molar-refractivity contribution < 1.29 is 9.90 Å². The number of benzene rings is 2. The number of nitrogens with zero attached hydrogens (tertiary/aromatic N) is 3. The van der Waals surface area contributed by atoms with E-state index in [0.29, 0.717) is 5.69 Å². The molecule has 5 nitrogen and oxygen atoms in total. The van der Waals surface area contributed by atoms with Crippen LogP contribution in [-0.4, -0.2) is 26.1 Å². The summed E-state index contributed by atoms with van der Waals surface area (Å²) < 4.78 is 1.60. The van der Waals surface area contributed by atoms with E-state index >= 15 is 0 Å². The number of aromatic carboxylic acids is 1. The molecule has 0 aliphatic carbocycles. The van der Waals surface area contributed by atoms with Crippen LogP contribution in [0.3, 0.4) is 0 Å². The molecule has 0 radical (unpaired) electrons. The van der Waals surface area contributed by atoms with Crippen LogP contribution in [-0.2, 0) is 0 Å². The standard InChI is InChI=1S/C16H13N3O2/c1-11-7-8-13(16(20)21)9-15(11)19-10-14(17-18-19)12-5-3-2-4-6-12/h2-10H,1H3,(H,20,21). The molecule has 2 aromatic carbocycles. The minimum absolute atomic E-state index is 0.229. The lowest BCUT2D eigenvalue weighted by Gasteiger charge is -2.05. The molecule has 3 rings (SSSR count). The van der Waals surface area contributed by atoms with Crippen molar-refractivity contribution in [2.24, 2.45) is 0 Å². The summed E-state index contributed by atoms with van der Waals surface area (Å²) in [4.78, 5) is 11.1. The minimum Gasteiger partial charge on any atom is -0.478 e. The van der Waals surface area contributed by atoms with Crippen molar-refractivity contribution in [2.75, 3.05) is 0 Å². The van der Waals surface area contributed by atoms with Gasteiger partial charge < -0.3 is 5.11 Å². The first-order valence-electron chi connectivity index (χ1n) is 6.47. The lowest BCUT2D eigenvalue weighted by atomic mass is 10.1. The Balaban J connectivity index is 2.04. The quantitative estimate of drug-likeness (QED) is 0.800. The van der Waals surface area contributed by atoms with Crippen LogP contribution < -0.4 is 0 Å². The maximum absolute atomic E-state index is 11.1. The van der Waals surface area contributed by atoms with Gasteiger partial charge in [-0.25, -0.2) is 9.48 Å². The Bertz CT molecular complexity index is 794. The Kier molecular flexibility index (Phi) is 3.23. The number of aryl methyl sites for hydroxylation is 1. The van der Waals surface area contributed by atoms with Crippen molar-refractivity contribution in [1.82, 2.24) is 15.0 Å². The summed E-state index contributed by atoms with van der Waals surface area (Å²) in [6.07, 6.45) is 1.79. The third-order valence-electron chi connectivity index (χ3n) is 3.27. The van der Waals surface area contributed by atoms with E-state index in [1.165, 1.54) is 0 Å². The van der Waals surface area contributed by atoms with Crippen LogP contribution in [0.2, 0.25) is 0 Å². The molecule has 0 spiro atoms. The molecule has 1 N–H and O–H groups in total. The van der Waals surface area contributed by atoms with Gasteiger partial charge in [-0.2, -0.15) is 0 Å². The Labute approximate surface area is 121 Å². The fourth-order valence-corrected chi connectivity index (χ4v) is 2.11. The first kappa shape index (κ1) is 13.1. The van der Waals surface area contributed by atoms with Gasteiger partial charge in [0.2, 0.25) is 0 Å². The normalized spacial score (nSPS) is 10.5. The second-order valence-electron chi connectivity index (χ2n) is 4.72. The van der Waals surface area contributed by atoms with Gasteiger partial charge in [0.15, 0.2) is 0 Å². The van der Waals surface area contributed by atoms with E-state index in [2.05, 4.69) is 10.3 Å². The van der Waals surface area contributed by atoms with Gasteiger partial charge in [-0.1, -0.05) is 41.6 Å². The lowest BCUT2D eigenvalue weighted by molar-refractivity contribution is 0.0697. The van der Waals surface area contributed by atoms with E-state index in [1.54, 1.807) is 29.1 Å². The molecule has 1 aromatic heterocycles. The summed E-state index contributed by atoms with van der Waals surface area (Å²) in [7, 11) is 0. The molecule has 3 aromatic rings. The molecule has 0 fully saturated rings. The van der Waals surface area contributed by atoms with Gasteiger partial charge in [0.1, 0.15) is 5.69 Å². The Hall–Kier alpha value is -2.95. The number of rotatable bonds is 3. The molecule has 5 heteroatoms. The molecule has 0 amide bonds. The Morgan fingerprint density at radius 1 is 1.14 bits per heavy atom. The SMILES string of the molecule is Cc1ccc(C(=O)O)cc1-n1cc(-c2ccccc2)nn1.